The SMILES string of the molecule is OC[C@H]1CCCc2cn[nH]c2C1. The largest absolute Gasteiger partial charge is 0.396 e. The Hall–Kier alpha value is -0.830. The Morgan fingerprint density at radius 1 is 1.67 bits per heavy atom. The molecule has 0 saturated carbocycles. The number of hydrogen-bond acceptors (Lipinski definition) is 2. The highest BCUT2D eigenvalue weighted by Gasteiger charge is 2.16. The van der Waals surface area contributed by atoms with E-state index in [9.17, 15) is 0 Å². The topological polar surface area (TPSA) is 48.9 Å². The highest BCUT2D eigenvalue weighted by molar-refractivity contribution is 5.18. The van der Waals surface area contributed by atoms with Gasteiger partial charge >= 0.3 is 0 Å². The molecule has 1 aromatic heterocycles. The third-order valence-corrected chi connectivity index (χ3v) is 2.62. The van der Waals surface area contributed by atoms with E-state index in [-0.39, 0.29) is 0 Å². The number of nitrogens with one attached hydrogen (secondary N) is 1. The average molecular weight is 166 g/mol. The molecule has 0 amide bonds. The highest BCUT2D eigenvalue weighted by Crippen LogP contribution is 2.22. The van der Waals surface area contributed by atoms with Gasteiger partial charge in [0, 0.05) is 12.3 Å². The number of nitrogens with zero attached hydrogens (tertiary/aromatic N) is 1. The smallest absolute Gasteiger partial charge is 0.0522 e. The summed E-state index contributed by atoms with van der Waals surface area (Å²) < 4.78 is 0. The first-order chi connectivity index (χ1) is 5.90. The molecule has 2 N–H and O–H groups in total. The molecule has 3 heteroatoms. The van der Waals surface area contributed by atoms with Gasteiger partial charge in [0.15, 0.2) is 0 Å². The van der Waals surface area contributed by atoms with E-state index in [0.29, 0.717) is 12.5 Å². The maximum Gasteiger partial charge on any atom is 0.0522 e. The molecule has 1 heterocycles. The van der Waals surface area contributed by atoms with Crippen molar-refractivity contribution in [2.45, 2.75) is 25.7 Å². The van der Waals surface area contributed by atoms with E-state index in [2.05, 4.69) is 10.2 Å². The van der Waals surface area contributed by atoms with Crippen LogP contribution < -0.4 is 0 Å². The number of aliphatic hydroxyl groups is 1. The average Bonchev–Trinajstić information content (AvgIpc) is 2.43. The Bertz CT molecular complexity index is 257. The number of aromatic amines is 1. The van der Waals surface area contributed by atoms with Crippen LogP contribution in [0.3, 0.4) is 0 Å². The van der Waals surface area contributed by atoms with Gasteiger partial charge in [0.25, 0.3) is 0 Å². The minimum absolute atomic E-state index is 0.304. The first kappa shape index (κ1) is 7.80. The Morgan fingerprint density at radius 2 is 2.58 bits per heavy atom. The van der Waals surface area contributed by atoms with Crippen LogP contribution in [0.15, 0.2) is 6.20 Å². The second-order valence-electron chi connectivity index (χ2n) is 3.52. The van der Waals surface area contributed by atoms with Crippen LogP contribution in [0.4, 0.5) is 0 Å². The molecular formula is C9H14N2O. The number of hydrogen-bond donors (Lipinski definition) is 2. The van der Waals surface area contributed by atoms with Gasteiger partial charge in [-0.25, -0.2) is 0 Å². The highest BCUT2D eigenvalue weighted by atomic mass is 16.3. The number of aliphatic hydroxyl groups excluding tert-OH is 1. The molecule has 0 aromatic carbocycles. The molecule has 0 saturated heterocycles. The van der Waals surface area contributed by atoms with Crippen LogP contribution in [0.2, 0.25) is 0 Å². The zero-order chi connectivity index (χ0) is 8.39. The van der Waals surface area contributed by atoms with Gasteiger partial charge < -0.3 is 5.11 Å². The quantitative estimate of drug-likeness (QED) is 0.609. The fourth-order valence-electron chi connectivity index (χ4n) is 1.86. The lowest BCUT2D eigenvalue weighted by molar-refractivity contribution is 0.217. The fourth-order valence-corrected chi connectivity index (χ4v) is 1.86. The molecule has 0 fully saturated rings. The van der Waals surface area contributed by atoms with Crippen molar-refractivity contribution in [1.82, 2.24) is 10.2 Å². The fraction of sp³-hybridized carbons (Fsp3) is 0.667. The van der Waals surface area contributed by atoms with Gasteiger partial charge in [0.1, 0.15) is 0 Å². The van der Waals surface area contributed by atoms with Gasteiger partial charge in [-0.05, 0) is 37.2 Å². The van der Waals surface area contributed by atoms with Gasteiger partial charge in [-0.15, -0.1) is 0 Å². The van der Waals surface area contributed by atoms with E-state index < -0.39 is 0 Å². The van der Waals surface area contributed by atoms with Gasteiger partial charge in [0.2, 0.25) is 0 Å². The normalized spacial score (nSPS) is 23.2. The summed E-state index contributed by atoms with van der Waals surface area (Å²) >= 11 is 0. The lowest BCUT2D eigenvalue weighted by Crippen LogP contribution is -2.08. The van der Waals surface area contributed by atoms with Crippen LogP contribution in [0.25, 0.3) is 0 Å². The molecule has 0 bridgehead atoms. The summed E-state index contributed by atoms with van der Waals surface area (Å²) in [5, 5.41) is 16.1. The third kappa shape index (κ3) is 1.37. The molecule has 0 spiro atoms. The van der Waals surface area contributed by atoms with Crippen molar-refractivity contribution in [2.24, 2.45) is 5.92 Å². The molecule has 66 valence electrons. The third-order valence-electron chi connectivity index (χ3n) is 2.62. The van der Waals surface area contributed by atoms with E-state index in [1.165, 1.54) is 17.7 Å². The van der Waals surface area contributed by atoms with Crippen molar-refractivity contribution in [3.8, 4) is 0 Å². The molecular weight excluding hydrogens is 152 g/mol. The second kappa shape index (κ2) is 3.27. The zero-order valence-corrected chi connectivity index (χ0v) is 7.08. The molecule has 0 unspecified atom stereocenters. The summed E-state index contributed by atoms with van der Waals surface area (Å²) in [5.74, 6) is 0.437. The minimum Gasteiger partial charge on any atom is -0.396 e. The zero-order valence-electron chi connectivity index (χ0n) is 7.08. The summed E-state index contributed by atoms with van der Waals surface area (Å²) in [7, 11) is 0. The lowest BCUT2D eigenvalue weighted by Gasteiger charge is -2.08. The van der Waals surface area contributed by atoms with Gasteiger partial charge in [0.05, 0.1) is 6.20 Å². The predicted octanol–water partition coefficient (Wildman–Crippen LogP) is 0.897. The molecule has 12 heavy (non-hydrogen) atoms. The maximum atomic E-state index is 9.04. The number of aromatic nitrogens is 2. The standard InChI is InChI=1S/C9H14N2O/c12-6-7-2-1-3-8-5-10-11-9(8)4-7/h5,7,12H,1-4,6H2,(H,10,11)/t7-/m0/s1. The number of fused-ring (bicyclic) bond motifs is 1. The van der Waals surface area contributed by atoms with Crippen molar-refractivity contribution in [3.63, 3.8) is 0 Å². The Labute approximate surface area is 71.8 Å². The number of aryl methyl sites for hydroxylation is 1. The maximum absolute atomic E-state index is 9.04. The molecule has 1 aromatic rings. The Balaban J connectivity index is 2.18. The van der Waals surface area contributed by atoms with Crippen molar-refractivity contribution in [1.29, 1.82) is 0 Å². The lowest BCUT2D eigenvalue weighted by atomic mass is 10.0. The van der Waals surface area contributed by atoms with Crippen molar-refractivity contribution >= 4 is 0 Å². The molecule has 1 aliphatic carbocycles. The van der Waals surface area contributed by atoms with Gasteiger partial charge in [-0.1, -0.05) is 0 Å². The van der Waals surface area contributed by atoms with Crippen LogP contribution in [0, 0.1) is 5.92 Å². The summed E-state index contributed by atoms with van der Waals surface area (Å²) in [6, 6.07) is 0. The van der Waals surface area contributed by atoms with Crippen LogP contribution in [0.1, 0.15) is 24.1 Å². The van der Waals surface area contributed by atoms with Crippen molar-refractivity contribution < 1.29 is 5.11 Å². The van der Waals surface area contributed by atoms with E-state index in [1.54, 1.807) is 0 Å². The molecule has 3 nitrogen and oxygen atoms in total. The molecule has 1 atom stereocenters. The first-order valence-corrected chi connectivity index (χ1v) is 4.52. The van der Waals surface area contributed by atoms with E-state index in [4.69, 9.17) is 5.11 Å². The molecule has 2 rings (SSSR count). The van der Waals surface area contributed by atoms with Crippen LogP contribution >= 0.6 is 0 Å². The van der Waals surface area contributed by atoms with Crippen molar-refractivity contribution in [2.75, 3.05) is 6.61 Å². The van der Waals surface area contributed by atoms with E-state index in [1.807, 2.05) is 6.20 Å². The number of H-pyrrole nitrogens is 1. The van der Waals surface area contributed by atoms with Crippen molar-refractivity contribution in [3.05, 3.63) is 17.5 Å². The van der Waals surface area contributed by atoms with Crippen LogP contribution in [-0.4, -0.2) is 21.9 Å². The monoisotopic (exact) mass is 166 g/mol. The summed E-state index contributed by atoms with van der Waals surface area (Å²) in [6.07, 6.45) is 6.31. The molecule has 1 aliphatic rings. The van der Waals surface area contributed by atoms with Gasteiger partial charge in [-0.2, -0.15) is 5.10 Å². The number of rotatable bonds is 1. The molecule has 0 aliphatic heterocycles. The minimum atomic E-state index is 0.304. The second-order valence-corrected chi connectivity index (χ2v) is 3.52. The summed E-state index contributed by atoms with van der Waals surface area (Å²) in [6.45, 7) is 0.304. The first-order valence-electron chi connectivity index (χ1n) is 4.52. The van der Waals surface area contributed by atoms with E-state index >= 15 is 0 Å². The Morgan fingerprint density at radius 3 is 3.42 bits per heavy atom. The van der Waals surface area contributed by atoms with Crippen LogP contribution in [-0.2, 0) is 12.8 Å². The Kier molecular flexibility index (Phi) is 2.13. The predicted molar refractivity (Wildman–Crippen MR) is 45.8 cm³/mol. The summed E-state index contributed by atoms with van der Waals surface area (Å²) in [5.41, 5.74) is 2.57. The summed E-state index contributed by atoms with van der Waals surface area (Å²) in [4.78, 5) is 0. The van der Waals surface area contributed by atoms with Crippen LogP contribution in [0.5, 0.6) is 0 Å². The molecule has 0 radical (unpaired) electrons. The van der Waals surface area contributed by atoms with E-state index in [0.717, 1.165) is 19.3 Å². The van der Waals surface area contributed by atoms with Gasteiger partial charge in [-0.3, -0.25) is 5.10 Å².